The minimum Gasteiger partial charge on any atom is -0.329 e. The second kappa shape index (κ2) is 5.05. The van der Waals surface area contributed by atoms with Crippen LogP contribution < -0.4 is 5.73 Å². The lowest BCUT2D eigenvalue weighted by atomic mass is 9.74. The van der Waals surface area contributed by atoms with Crippen molar-refractivity contribution in [1.82, 2.24) is 4.90 Å². The van der Waals surface area contributed by atoms with Gasteiger partial charge < -0.3 is 5.73 Å². The van der Waals surface area contributed by atoms with Crippen molar-refractivity contribution in [3.8, 4) is 0 Å². The maximum absolute atomic E-state index is 6.09. The Morgan fingerprint density at radius 2 is 2.00 bits per heavy atom. The van der Waals surface area contributed by atoms with E-state index >= 15 is 0 Å². The van der Waals surface area contributed by atoms with Crippen LogP contribution in [0.15, 0.2) is 0 Å². The molecule has 0 amide bonds. The van der Waals surface area contributed by atoms with Crippen molar-refractivity contribution in [2.75, 3.05) is 20.1 Å². The molecule has 2 saturated carbocycles. The molecule has 2 N–H and O–H groups in total. The number of hydrogen-bond donors (Lipinski definition) is 1. The largest absolute Gasteiger partial charge is 0.329 e. The summed E-state index contributed by atoms with van der Waals surface area (Å²) in [5.74, 6) is 1.83. The molecule has 0 bridgehead atoms. The fraction of sp³-hybridized carbons (Fsp3) is 1.00. The van der Waals surface area contributed by atoms with Crippen molar-refractivity contribution in [1.29, 1.82) is 0 Å². The smallest absolute Gasteiger partial charge is 0.0331 e. The monoisotopic (exact) mass is 224 g/mol. The first kappa shape index (κ1) is 12.4. The summed E-state index contributed by atoms with van der Waals surface area (Å²) in [6.07, 6.45) is 9.74. The highest BCUT2D eigenvalue weighted by Gasteiger charge is 2.38. The molecule has 0 aromatic carbocycles. The average molecular weight is 224 g/mol. The molecule has 0 heterocycles. The van der Waals surface area contributed by atoms with E-state index in [-0.39, 0.29) is 0 Å². The predicted octanol–water partition coefficient (Wildman–Crippen LogP) is 2.63. The summed E-state index contributed by atoms with van der Waals surface area (Å²) < 4.78 is 0. The Balaban J connectivity index is 1.95. The Labute approximate surface area is 101 Å². The van der Waals surface area contributed by atoms with Gasteiger partial charge in [0.25, 0.3) is 0 Å². The van der Waals surface area contributed by atoms with E-state index in [0.717, 1.165) is 18.4 Å². The van der Waals surface area contributed by atoms with E-state index in [9.17, 15) is 0 Å². The Kier molecular flexibility index (Phi) is 3.91. The van der Waals surface area contributed by atoms with Gasteiger partial charge in [-0.2, -0.15) is 0 Å². The summed E-state index contributed by atoms with van der Waals surface area (Å²) in [4.78, 5) is 2.60. The Morgan fingerprint density at radius 1 is 1.25 bits per heavy atom. The molecule has 2 aliphatic carbocycles. The molecule has 2 rings (SSSR count). The fourth-order valence-corrected chi connectivity index (χ4v) is 3.58. The first-order valence-corrected chi connectivity index (χ1v) is 7.07. The molecule has 2 nitrogen and oxygen atoms in total. The third-order valence-electron chi connectivity index (χ3n) is 5.01. The summed E-state index contributed by atoms with van der Waals surface area (Å²) in [5, 5.41) is 0. The van der Waals surface area contributed by atoms with Gasteiger partial charge in [-0.3, -0.25) is 4.90 Å². The van der Waals surface area contributed by atoms with Crippen LogP contribution in [0.2, 0.25) is 0 Å². The molecule has 2 heteroatoms. The van der Waals surface area contributed by atoms with Crippen molar-refractivity contribution in [2.45, 2.75) is 57.4 Å². The maximum Gasteiger partial charge on any atom is 0.0331 e. The summed E-state index contributed by atoms with van der Waals surface area (Å²) in [5.41, 5.74) is 6.42. The molecule has 16 heavy (non-hydrogen) atoms. The van der Waals surface area contributed by atoms with Gasteiger partial charge in [-0.25, -0.2) is 0 Å². The molecule has 0 aliphatic heterocycles. The van der Waals surface area contributed by atoms with Crippen LogP contribution in [0.4, 0.5) is 0 Å². The molecule has 2 aliphatic rings. The number of likely N-dealkylation sites (N-methyl/N-ethyl adjacent to an activating group) is 1. The third kappa shape index (κ3) is 2.43. The Hall–Kier alpha value is -0.0800. The van der Waals surface area contributed by atoms with E-state index in [1.165, 1.54) is 51.5 Å². The quantitative estimate of drug-likeness (QED) is 0.795. The lowest BCUT2D eigenvalue weighted by Crippen LogP contribution is -2.56. The van der Waals surface area contributed by atoms with Crippen molar-refractivity contribution in [3.63, 3.8) is 0 Å². The summed E-state index contributed by atoms with van der Waals surface area (Å²) in [6.45, 7) is 4.52. The van der Waals surface area contributed by atoms with E-state index in [2.05, 4.69) is 18.9 Å². The zero-order valence-electron chi connectivity index (χ0n) is 11.0. The number of hydrogen-bond acceptors (Lipinski definition) is 2. The van der Waals surface area contributed by atoms with Crippen LogP contribution in [0.5, 0.6) is 0 Å². The van der Waals surface area contributed by atoms with Crippen LogP contribution in [-0.2, 0) is 0 Å². The van der Waals surface area contributed by atoms with Gasteiger partial charge in [0.2, 0.25) is 0 Å². The van der Waals surface area contributed by atoms with Gasteiger partial charge in [0.15, 0.2) is 0 Å². The summed E-state index contributed by atoms with van der Waals surface area (Å²) in [7, 11) is 2.31. The number of nitrogens with two attached hydrogens (primary N) is 1. The molecule has 0 aromatic rings. The molecule has 2 fully saturated rings. The van der Waals surface area contributed by atoms with Crippen molar-refractivity contribution in [2.24, 2.45) is 17.6 Å². The lowest BCUT2D eigenvalue weighted by Gasteiger charge is -2.48. The molecule has 94 valence electrons. The van der Waals surface area contributed by atoms with Crippen molar-refractivity contribution >= 4 is 0 Å². The fourth-order valence-electron chi connectivity index (χ4n) is 3.58. The van der Waals surface area contributed by atoms with Crippen LogP contribution in [-0.4, -0.2) is 30.6 Å². The second-order valence-corrected chi connectivity index (χ2v) is 6.31. The Bertz CT molecular complexity index is 225. The zero-order chi connectivity index (χ0) is 11.6. The number of nitrogens with zero attached hydrogens (tertiary/aromatic N) is 1. The van der Waals surface area contributed by atoms with Gasteiger partial charge in [0.1, 0.15) is 0 Å². The van der Waals surface area contributed by atoms with Crippen LogP contribution in [0.3, 0.4) is 0 Å². The van der Waals surface area contributed by atoms with E-state index in [1.54, 1.807) is 0 Å². The minimum absolute atomic E-state index is 0.327. The first-order valence-electron chi connectivity index (χ1n) is 7.07. The standard InChI is InChI=1S/C14H28N2/c1-12-5-4-8-14(9-12,11-15)16(2)10-13-6-3-7-13/h12-13H,3-11,15H2,1-2H3. The van der Waals surface area contributed by atoms with Gasteiger partial charge in [0, 0.05) is 18.6 Å². The Morgan fingerprint density at radius 3 is 2.50 bits per heavy atom. The molecule has 2 atom stereocenters. The molecular weight excluding hydrogens is 196 g/mol. The summed E-state index contributed by atoms with van der Waals surface area (Å²) >= 11 is 0. The SMILES string of the molecule is CC1CCCC(CN)(N(C)CC2CCC2)C1. The highest BCUT2D eigenvalue weighted by atomic mass is 15.2. The lowest BCUT2D eigenvalue weighted by molar-refractivity contribution is 0.0374. The highest BCUT2D eigenvalue weighted by molar-refractivity contribution is 4.95. The van der Waals surface area contributed by atoms with Crippen LogP contribution in [0, 0.1) is 11.8 Å². The van der Waals surface area contributed by atoms with Gasteiger partial charge in [-0.05, 0) is 44.6 Å². The van der Waals surface area contributed by atoms with E-state index in [0.29, 0.717) is 5.54 Å². The van der Waals surface area contributed by atoms with E-state index in [1.807, 2.05) is 0 Å². The van der Waals surface area contributed by atoms with Gasteiger partial charge in [-0.1, -0.05) is 26.2 Å². The zero-order valence-corrected chi connectivity index (χ0v) is 11.0. The predicted molar refractivity (Wildman–Crippen MR) is 69.4 cm³/mol. The second-order valence-electron chi connectivity index (χ2n) is 6.31. The molecule has 0 aromatic heterocycles. The minimum atomic E-state index is 0.327. The van der Waals surface area contributed by atoms with Crippen LogP contribution in [0.25, 0.3) is 0 Å². The van der Waals surface area contributed by atoms with E-state index < -0.39 is 0 Å². The van der Waals surface area contributed by atoms with Gasteiger partial charge in [0.05, 0.1) is 0 Å². The van der Waals surface area contributed by atoms with Gasteiger partial charge in [-0.15, -0.1) is 0 Å². The first-order chi connectivity index (χ1) is 7.66. The average Bonchev–Trinajstić information content (AvgIpc) is 2.23. The maximum atomic E-state index is 6.09. The molecule has 0 radical (unpaired) electrons. The molecule has 0 saturated heterocycles. The van der Waals surface area contributed by atoms with Crippen LogP contribution in [0.1, 0.15) is 51.9 Å². The van der Waals surface area contributed by atoms with E-state index in [4.69, 9.17) is 5.73 Å². The molecule has 2 unspecified atom stereocenters. The van der Waals surface area contributed by atoms with Crippen molar-refractivity contribution in [3.05, 3.63) is 0 Å². The molecule has 0 spiro atoms. The van der Waals surface area contributed by atoms with Gasteiger partial charge >= 0.3 is 0 Å². The van der Waals surface area contributed by atoms with Crippen LogP contribution >= 0.6 is 0 Å². The highest BCUT2D eigenvalue weighted by Crippen LogP contribution is 2.37. The number of rotatable bonds is 4. The topological polar surface area (TPSA) is 29.3 Å². The molecular formula is C14H28N2. The normalized spacial score (nSPS) is 36.4. The third-order valence-corrected chi connectivity index (χ3v) is 5.01. The van der Waals surface area contributed by atoms with Crippen molar-refractivity contribution < 1.29 is 0 Å². The summed E-state index contributed by atoms with van der Waals surface area (Å²) in [6, 6.07) is 0.